The molecule has 0 heterocycles. The molecular weight excluding hydrogens is 1410 g/mol. The number of phosphoric acid groups is 2. The largest absolute Gasteiger partial charge is 0.472 e. The minimum atomic E-state index is -4.97. The van der Waals surface area contributed by atoms with Crippen LogP contribution in [0.25, 0.3) is 0 Å². The number of aliphatic hydroxyl groups is 1. The molecule has 109 heavy (non-hydrogen) atoms. The van der Waals surface area contributed by atoms with Crippen LogP contribution < -0.4 is 0 Å². The van der Waals surface area contributed by atoms with Crippen LogP contribution >= 0.6 is 15.6 Å². The highest BCUT2D eigenvalue weighted by molar-refractivity contribution is 7.47. The van der Waals surface area contributed by atoms with Crippen LogP contribution in [0.2, 0.25) is 0 Å². The van der Waals surface area contributed by atoms with Crippen molar-refractivity contribution in [1.29, 1.82) is 0 Å². The molecule has 17 nitrogen and oxygen atoms in total. The van der Waals surface area contributed by atoms with Crippen LogP contribution in [-0.4, -0.2) is 96.7 Å². The molecule has 0 aromatic heterocycles. The highest BCUT2D eigenvalue weighted by Crippen LogP contribution is 2.45. The molecule has 0 aliphatic heterocycles. The van der Waals surface area contributed by atoms with Crippen molar-refractivity contribution in [3.05, 3.63) is 0 Å². The van der Waals surface area contributed by atoms with Crippen molar-refractivity contribution < 1.29 is 80.2 Å². The monoisotopic (exact) mass is 1590 g/mol. The number of esters is 4. The van der Waals surface area contributed by atoms with Crippen molar-refractivity contribution in [2.45, 2.75) is 509 Å². The van der Waals surface area contributed by atoms with E-state index < -0.39 is 97.5 Å². The van der Waals surface area contributed by atoms with Gasteiger partial charge in [-0.3, -0.25) is 37.3 Å². The SMILES string of the molecule is CCCCCCCCCCCCCCCCCCCCCCCC(=O)O[C@H](COC(=O)CCCCCCCCCCCCCCCCCCCCC)COP(=O)(O)OC[C@@H](O)COP(=O)(O)OC[C@@H](COC(=O)CCCCCCCCCCC(C)CC)OC(=O)CCCCCCCCCCCCCCCCCCC. The Morgan fingerprint density at radius 3 is 0.651 bits per heavy atom. The molecule has 648 valence electrons. The molecule has 0 amide bonds. The third kappa shape index (κ3) is 82.4. The van der Waals surface area contributed by atoms with E-state index in [0.29, 0.717) is 25.7 Å². The number of hydrogen-bond acceptors (Lipinski definition) is 15. The van der Waals surface area contributed by atoms with Gasteiger partial charge in [-0.05, 0) is 31.6 Å². The Kier molecular flexibility index (Phi) is 81.1. The van der Waals surface area contributed by atoms with Gasteiger partial charge in [0, 0.05) is 25.7 Å². The molecule has 0 bridgehead atoms. The Morgan fingerprint density at radius 1 is 0.257 bits per heavy atom. The lowest BCUT2D eigenvalue weighted by Gasteiger charge is -2.21. The Balaban J connectivity index is 5.25. The maximum atomic E-state index is 13.2. The van der Waals surface area contributed by atoms with Gasteiger partial charge in [0.05, 0.1) is 26.4 Å². The van der Waals surface area contributed by atoms with Gasteiger partial charge in [0.1, 0.15) is 19.3 Å². The zero-order valence-corrected chi connectivity index (χ0v) is 73.5. The van der Waals surface area contributed by atoms with E-state index >= 15 is 0 Å². The minimum Gasteiger partial charge on any atom is -0.462 e. The van der Waals surface area contributed by atoms with Crippen LogP contribution in [-0.2, 0) is 65.4 Å². The van der Waals surface area contributed by atoms with Crippen molar-refractivity contribution in [1.82, 2.24) is 0 Å². The normalized spacial score (nSPS) is 13.9. The number of aliphatic hydroxyl groups excluding tert-OH is 1. The molecule has 0 rings (SSSR count). The van der Waals surface area contributed by atoms with E-state index in [0.717, 1.165) is 95.8 Å². The average Bonchev–Trinajstić information content (AvgIpc) is 0.897. The lowest BCUT2D eigenvalue weighted by molar-refractivity contribution is -0.161. The number of rotatable bonds is 90. The van der Waals surface area contributed by atoms with Crippen molar-refractivity contribution in [3.8, 4) is 0 Å². The fraction of sp³-hybridized carbons (Fsp3) is 0.956. The van der Waals surface area contributed by atoms with Crippen molar-refractivity contribution >= 4 is 39.5 Å². The van der Waals surface area contributed by atoms with Crippen LogP contribution in [0.1, 0.15) is 490 Å². The molecule has 0 saturated heterocycles. The first-order chi connectivity index (χ1) is 53.1. The molecule has 0 aliphatic carbocycles. The first kappa shape index (κ1) is 107. The first-order valence-electron chi connectivity index (χ1n) is 46.7. The first-order valence-corrected chi connectivity index (χ1v) is 49.7. The molecule has 0 aliphatic rings. The van der Waals surface area contributed by atoms with Gasteiger partial charge in [-0.25, -0.2) is 9.13 Å². The third-order valence-corrected chi connectivity index (χ3v) is 23.5. The second kappa shape index (κ2) is 82.6. The van der Waals surface area contributed by atoms with E-state index in [1.165, 1.54) is 315 Å². The van der Waals surface area contributed by atoms with E-state index in [1.807, 2.05) is 0 Å². The van der Waals surface area contributed by atoms with Crippen LogP contribution in [0.15, 0.2) is 0 Å². The van der Waals surface area contributed by atoms with Gasteiger partial charge >= 0.3 is 39.5 Å². The van der Waals surface area contributed by atoms with Gasteiger partial charge in [-0.15, -0.1) is 0 Å². The van der Waals surface area contributed by atoms with Gasteiger partial charge in [0.25, 0.3) is 0 Å². The molecule has 0 fully saturated rings. The predicted molar refractivity (Wildman–Crippen MR) is 451 cm³/mol. The quantitative estimate of drug-likeness (QED) is 0.0222. The molecule has 19 heteroatoms. The summed E-state index contributed by atoms with van der Waals surface area (Å²) in [6, 6.07) is 0. The lowest BCUT2D eigenvalue weighted by Crippen LogP contribution is -2.30. The van der Waals surface area contributed by atoms with Gasteiger partial charge in [0.15, 0.2) is 12.2 Å². The summed E-state index contributed by atoms with van der Waals surface area (Å²) in [6.07, 6.45) is 77.8. The standard InChI is InChI=1S/C90H176O17P2/c1-6-10-13-16-19-22-25-28-31-34-36-37-39-42-45-48-51-54-61-66-71-75-89(94)106-85(79-100-87(92)73-68-63-58-52-49-46-43-41-38-35-32-29-26-23-20-17-14-11-7-2)81-104-108(96,97)102-77-84(91)78-103-109(98,99)105-82-86(80-101-88(93)74-69-64-59-56-55-57-62-67-72-83(5)9-4)107-90(95)76-70-65-60-53-50-47-44-40-33-30-27-24-21-18-15-12-8-3/h83-86,91H,6-82H2,1-5H3,(H,96,97)(H,98,99)/t83?,84-,85-,86-/m1/s1. The van der Waals surface area contributed by atoms with Gasteiger partial charge < -0.3 is 33.8 Å². The van der Waals surface area contributed by atoms with E-state index in [1.54, 1.807) is 0 Å². The summed E-state index contributed by atoms with van der Waals surface area (Å²) in [6.45, 7) is 7.40. The minimum absolute atomic E-state index is 0.109. The maximum Gasteiger partial charge on any atom is 0.472 e. The summed E-state index contributed by atoms with van der Waals surface area (Å²) < 4.78 is 69.1. The molecule has 0 saturated carbocycles. The van der Waals surface area contributed by atoms with Crippen molar-refractivity contribution in [2.75, 3.05) is 39.6 Å². The summed E-state index contributed by atoms with van der Waals surface area (Å²) in [5.41, 5.74) is 0. The molecule has 3 unspecified atom stereocenters. The van der Waals surface area contributed by atoms with Crippen LogP contribution in [0.4, 0.5) is 0 Å². The van der Waals surface area contributed by atoms with Crippen LogP contribution in [0.5, 0.6) is 0 Å². The van der Waals surface area contributed by atoms with Gasteiger partial charge in [0.2, 0.25) is 0 Å². The van der Waals surface area contributed by atoms with Gasteiger partial charge in [-0.1, -0.05) is 439 Å². The number of unbranched alkanes of at least 4 members (excludes halogenated alkanes) is 61. The van der Waals surface area contributed by atoms with Crippen LogP contribution in [0.3, 0.4) is 0 Å². The smallest absolute Gasteiger partial charge is 0.462 e. The van der Waals surface area contributed by atoms with E-state index in [4.69, 9.17) is 37.0 Å². The number of ether oxygens (including phenoxy) is 4. The molecule has 0 aromatic rings. The lowest BCUT2D eigenvalue weighted by atomic mass is 9.99. The number of phosphoric ester groups is 2. The zero-order chi connectivity index (χ0) is 79.7. The summed E-state index contributed by atoms with van der Waals surface area (Å²) in [7, 11) is -9.93. The molecule has 6 atom stereocenters. The highest BCUT2D eigenvalue weighted by Gasteiger charge is 2.31. The van der Waals surface area contributed by atoms with Crippen molar-refractivity contribution in [2.24, 2.45) is 5.92 Å². The van der Waals surface area contributed by atoms with E-state index in [2.05, 4.69) is 34.6 Å². The maximum absolute atomic E-state index is 13.2. The molecule has 0 aromatic carbocycles. The predicted octanol–water partition coefficient (Wildman–Crippen LogP) is 27.9. The fourth-order valence-electron chi connectivity index (χ4n) is 14.1. The Bertz CT molecular complexity index is 2070. The third-order valence-electron chi connectivity index (χ3n) is 21.6. The summed E-state index contributed by atoms with van der Waals surface area (Å²) in [4.78, 5) is 73.4. The average molecular weight is 1590 g/mol. The summed E-state index contributed by atoms with van der Waals surface area (Å²) in [5.74, 6) is -1.32. The molecule has 0 radical (unpaired) electrons. The molecule has 3 N–H and O–H groups in total. The number of hydrogen-bond donors (Lipinski definition) is 3. The molecular formula is C90H176O17P2. The van der Waals surface area contributed by atoms with Gasteiger partial charge in [-0.2, -0.15) is 0 Å². The number of carbonyl (C=O) groups is 4. The Morgan fingerprint density at radius 2 is 0.440 bits per heavy atom. The van der Waals surface area contributed by atoms with E-state index in [-0.39, 0.29) is 25.7 Å². The fourth-order valence-corrected chi connectivity index (χ4v) is 15.7. The molecule has 0 spiro atoms. The summed E-state index contributed by atoms with van der Waals surface area (Å²) in [5, 5.41) is 10.7. The highest BCUT2D eigenvalue weighted by atomic mass is 31.2. The zero-order valence-electron chi connectivity index (χ0n) is 71.7. The Labute approximate surface area is 670 Å². The van der Waals surface area contributed by atoms with E-state index in [9.17, 15) is 43.2 Å². The van der Waals surface area contributed by atoms with Crippen molar-refractivity contribution in [3.63, 3.8) is 0 Å². The van der Waals surface area contributed by atoms with Crippen LogP contribution in [0, 0.1) is 5.92 Å². The summed E-state index contributed by atoms with van der Waals surface area (Å²) >= 11 is 0. The topological polar surface area (TPSA) is 237 Å². The Hall–Kier alpha value is -1.94. The number of carbonyl (C=O) groups excluding carboxylic acids is 4. The second-order valence-corrected chi connectivity index (χ2v) is 35.5. The second-order valence-electron chi connectivity index (χ2n) is 32.6.